The van der Waals surface area contributed by atoms with E-state index in [1.54, 1.807) is 0 Å². The largest absolute Gasteiger partial charge is 0.445 e. The number of hydrogen-bond acceptors (Lipinski definition) is 3. The van der Waals surface area contributed by atoms with Gasteiger partial charge in [-0.2, -0.15) is 0 Å². The van der Waals surface area contributed by atoms with Gasteiger partial charge in [-0.1, -0.05) is 0 Å². The Morgan fingerprint density at radius 3 is 2.60 bits per heavy atom. The van der Waals surface area contributed by atoms with Crippen LogP contribution in [0, 0.1) is 0 Å². The van der Waals surface area contributed by atoms with Crippen molar-refractivity contribution in [2.24, 2.45) is 0 Å². The first kappa shape index (κ1) is 10.7. The van der Waals surface area contributed by atoms with E-state index in [0.717, 1.165) is 12.8 Å². The molecule has 15 heavy (non-hydrogen) atoms. The highest BCUT2D eigenvalue weighted by atomic mass is 16.6. The molecule has 0 radical (unpaired) electrons. The molecule has 3 unspecified atom stereocenters. The fourth-order valence-electron chi connectivity index (χ4n) is 2.38. The van der Waals surface area contributed by atoms with Crippen LogP contribution in [0.5, 0.6) is 0 Å². The maximum Gasteiger partial charge on any atom is 0.407 e. The highest BCUT2D eigenvalue weighted by Crippen LogP contribution is 2.30. The van der Waals surface area contributed by atoms with Gasteiger partial charge in [0.1, 0.15) is 6.10 Å². The Kier molecular flexibility index (Phi) is 2.63. The van der Waals surface area contributed by atoms with Crippen molar-refractivity contribution in [1.29, 1.82) is 0 Å². The predicted molar refractivity (Wildman–Crippen MR) is 57.7 cm³/mol. The van der Waals surface area contributed by atoms with Crippen molar-refractivity contribution in [1.82, 2.24) is 10.6 Å². The molecule has 2 fully saturated rings. The predicted octanol–water partition coefficient (Wildman–Crippen LogP) is 1.40. The van der Waals surface area contributed by atoms with Crippen LogP contribution in [0.1, 0.15) is 40.0 Å². The molecule has 2 aliphatic heterocycles. The van der Waals surface area contributed by atoms with E-state index in [0.29, 0.717) is 12.1 Å². The van der Waals surface area contributed by atoms with E-state index in [1.165, 1.54) is 6.42 Å². The highest BCUT2D eigenvalue weighted by Gasteiger charge is 2.41. The SMILES string of the molecule is CC(C)(C)NC(=O)OC1CC2CCC1N2. The second-order valence-corrected chi connectivity index (χ2v) is 5.60. The zero-order valence-corrected chi connectivity index (χ0v) is 9.67. The number of fused-ring (bicyclic) bond motifs is 2. The number of rotatable bonds is 1. The maximum atomic E-state index is 11.5. The van der Waals surface area contributed by atoms with Crippen molar-refractivity contribution in [2.75, 3.05) is 0 Å². The smallest absolute Gasteiger partial charge is 0.407 e. The molecule has 3 atom stereocenters. The molecule has 0 aromatic carbocycles. The Morgan fingerprint density at radius 1 is 1.40 bits per heavy atom. The topological polar surface area (TPSA) is 50.4 Å². The quantitative estimate of drug-likeness (QED) is 0.691. The summed E-state index contributed by atoms with van der Waals surface area (Å²) in [6.07, 6.45) is 3.12. The lowest BCUT2D eigenvalue weighted by molar-refractivity contribution is 0.0777. The van der Waals surface area contributed by atoms with Crippen molar-refractivity contribution in [3.05, 3.63) is 0 Å². The normalized spacial score (nSPS) is 34.2. The summed E-state index contributed by atoms with van der Waals surface area (Å²) < 4.78 is 5.41. The molecule has 2 N–H and O–H groups in total. The van der Waals surface area contributed by atoms with Gasteiger partial charge in [0.05, 0.1) is 0 Å². The van der Waals surface area contributed by atoms with E-state index in [1.807, 2.05) is 20.8 Å². The Morgan fingerprint density at radius 2 is 2.13 bits per heavy atom. The molecule has 0 spiro atoms. The van der Waals surface area contributed by atoms with Crippen LogP contribution >= 0.6 is 0 Å². The molecule has 86 valence electrons. The number of hydrogen-bond donors (Lipinski definition) is 2. The molecular weight excluding hydrogens is 192 g/mol. The number of alkyl carbamates (subject to hydrolysis) is 1. The third-order valence-corrected chi connectivity index (χ3v) is 2.98. The minimum atomic E-state index is -0.290. The molecule has 2 heterocycles. The van der Waals surface area contributed by atoms with Gasteiger partial charge in [0.2, 0.25) is 0 Å². The molecule has 4 nitrogen and oxygen atoms in total. The second-order valence-electron chi connectivity index (χ2n) is 5.60. The van der Waals surface area contributed by atoms with Crippen molar-refractivity contribution >= 4 is 6.09 Å². The summed E-state index contributed by atoms with van der Waals surface area (Å²) in [5.41, 5.74) is -0.220. The minimum absolute atomic E-state index is 0.0751. The molecular formula is C11H20N2O2. The molecule has 0 aromatic rings. The van der Waals surface area contributed by atoms with Gasteiger partial charge >= 0.3 is 6.09 Å². The van der Waals surface area contributed by atoms with Gasteiger partial charge in [0, 0.05) is 24.0 Å². The van der Waals surface area contributed by atoms with Crippen LogP contribution in [0.4, 0.5) is 4.79 Å². The van der Waals surface area contributed by atoms with Crippen LogP contribution in [0.15, 0.2) is 0 Å². The summed E-state index contributed by atoms with van der Waals surface area (Å²) in [5.74, 6) is 0. The standard InChI is InChI=1S/C11H20N2O2/c1-11(2,3)13-10(14)15-9-6-7-4-5-8(9)12-7/h7-9,12H,4-6H2,1-3H3,(H,13,14). The van der Waals surface area contributed by atoms with Crippen LogP contribution in [0.3, 0.4) is 0 Å². The first-order valence-electron chi connectivity index (χ1n) is 5.69. The van der Waals surface area contributed by atoms with E-state index in [2.05, 4.69) is 10.6 Å². The minimum Gasteiger partial charge on any atom is -0.445 e. The number of carbonyl (C=O) groups is 1. The number of carbonyl (C=O) groups excluding carboxylic acids is 1. The average molecular weight is 212 g/mol. The number of ether oxygens (including phenoxy) is 1. The molecule has 0 saturated carbocycles. The van der Waals surface area contributed by atoms with Gasteiger partial charge in [-0.25, -0.2) is 4.79 Å². The van der Waals surface area contributed by atoms with Gasteiger partial charge in [-0.05, 0) is 33.6 Å². The van der Waals surface area contributed by atoms with Crippen molar-refractivity contribution in [3.8, 4) is 0 Å². The van der Waals surface area contributed by atoms with Crippen LogP contribution in [-0.2, 0) is 4.74 Å². The Hall–Kier alpha value is -0.770. The van der Waals surface area contributed by atoms with Crippen LogP contribution in [0.2, 0.25) is 0 Å². The van der Waals surface area contributed by atoms with Crippen molar-refractivity contribution in [2.45, 2.75) is 63.8 Å². The summed E-state index contributed by atoms with van der Waals surface area (Å²) >= 11 is 0. The molecule has 4 heteroatoms. The Balaban J connectivity index is 1.80. The second kappa shape index (κ2) is 3.67. The molecule has 2 aliphatic rings. The van der Waals surface area contributed by atoms with E-state index < -0.39 is 0 Å². The third-order valence-electron chi connectivity index (χ3n) is 2.98. The first-order chi connectivity index (χ1) is 6.94. The zero-order chi connectivity index (χ0) is 11.1. The fraction of sp³-hybridized carbons (Fsp3) is 0.909. The van der Waals surface area contributed by atoms with E-state index in [-0.39, 0.29) is 17.7 Å². The monoisotopic (exact) mass is 212 g/mol. The van der Waals surface area contributed by atoms with Gasteiger partial charge in [-0.3, -0.25) is 0 Å². The van der Waals surface area contributed by atoms with E-state index >= 15 is 0 Å². The number of nitrogens with one attached hydrogen (secondary N) is 2. The summed E-state index contributed by atoms with van der Waals surface area (Å²) in [7, 11) is 0. The maximum absolute atomic E-state index is 11.5. The van der Waals surface area contributed by atoms with E-state index in [9.17, 15) is 4.79 Å². The summed E-state index contributed by atoms with van der Waals surface area (Å²) in [4.78, 5) is 11.5. The third kappa shape index (κ3) is 2.62. The van der Waals surface area contributed by atoms with Gasteiger partial charge < -0.3 is 15.4 Å². The van der Waals surface area contributed by atoms with Crippen LogP contribution in [0.25, 0.3) is 0 Å². The van der Waals surface area contributed by atoms with Crippen molar-refractivity contribution < 1.29 is 9.53 Å². The summed E-state index contributed by atoms with van der Waals surface area (Å²) in [5, 5.41) is 6.26. The highest BCUT2D eigenvalue weighted by molar-refractivity contribution is 5.68. The summed E-state index contributed by atoms with van der Waals surface area (Å²) in [6, 6.07) is 0.961. The first-order valence-corrected chi connectivity index (χ1v) is 5.69. The lowest BCUT2D eigenvalue weighted by Gasteiger charge is -2.25. The van der Waals surface area contributed by atoms with Gasteiger partial charge in [-0.15, -0.1) is 0 Å². The molecule has 2 saturated heterocycles. The van der Waals surface area contributed by atoms with E-state index in [4.69, 9.17) is 4.74 Å². The molecule has 1 amide bonds. The Labute approximate surface area is 90.8 Å². The molecule has 0 aliphatic carbocycles. The lowest BCUT2D eigenvalue weighted by Crippen LogP contribution is -2.44. The summed E-state index contributed by atoms with van der Waals surface area (Å²) in [6.45, 7) is 5.86. The zero-order valence-electron chi connectivity index (χ0n) is 9.67. The lowest BCUT2D eigenvalue weighted by atomic mass is 9.98. The molecule has 0 aromatic heterocycles. The molecule has 2 rings (SSSR count). The fourth-order valence-corrected chi connectivity index (χ4v) is 2.38. The van der Waals surface area contributed by atoms with Gasteiger partial charge in [0.15, 0.2) is 0 Å². The average Bonchev–Trinajstić information content (AvgIpc) is 2.60. The van der Waals surface area contributed by atoms with Crippen LogP contribution in [-0.4, -0.2) is 29.8 Å². The van der Waals surface area contributed by atoms with Gasteiger partial charge in [0.25, 0.3) is 0 Å². The van der Waals surface area contributed by atoms with Crippen molar-refractivity contribution in [3.63, 3.8) is 0 Å². The Bertz CT molecular complexity index is 260. The molecule has 2 bridgehead atoms. The van der Waals surface area contributed by atoms with Crippen LogP contribution < -0.4 is 10.6 Å². The number of amides is 1.